The molecule has 1 amide bonds. The molecule has 0 saturated carbocycles. The van der Waals surface area contributed by atoms with Crippen molar-refractivity contribution >= 4 is 5.91 Å². The van der Waals surface area contributed by atoms with Crippen LogP contribution in [0.25, 0.3) is 0 Å². The molecule has 0 spiro atoms. The van der Waals surface area contributed by atoms with Crippen molar-refractivity contribution in [2.45, 2.75) is 20.3 Å². The fourth-order valence-corrected chi connectivity index (χ4v) is 1.42. The summed E-state index contributed by atoms with van der Waals surface area (Å²) in [5.41, 5.74) is 0. The Labute approximate surface area is 105 Å². The van der Waals surface area contributed by atoms with E-state index in [2.05, 4.69) is 29.5 Å². The van der Waals surface area contributed by atoms with Crippen molar-refractivity contribution in [3.8, 4) is 0 Å². The van der Waals surface area contributed by atoms with Gasteiger partial charge in [-0.15, -0.1) is 0 Å². The van der Waals surface area contributed by atoms with Gasteiger partial charge in [0.05, 0.1) is 6.61 Å². The molecule has 0 aliphatic carbocycles. The first kappa shape index (κ1) is 16.4. The summed E-state index contributed by atoms with van der Waals surface area (Å²) >= 11 is 0. The standard InChI is InChI=1S/C12H27N3O2/c1-4-8-15(3)9-6-14-12(16)11-17-10-7-13-5-2/h13H,4-11H2,1-3H3,(H,14,16). The molecule has 0 unspecified atom stereocenters. The first-order valence-corrected chi connectivity index (χ1v) is 6.44. The minimum Gasteiger partial charge on any atom is -0.370 e. The Balaban J connectivity index is 3.28. The maximum Gasteiger partial charge on any atom is 0.246 e. The van der Waals surface area contributed by atoms with Crippen LogP contribution in [0, 0.1) is 0 Å². The van der Waals surface area contributed by atoms with Gasteiger partial charge in [-0.2, -0.15) is 0 Å². The number of carbonyl (C=O) groups excluding carboxylic acids is 1. The molecule has 0 aliphatic rings. The lowest BCUT2D eigenvalue weighted by Gasteiger charge is -2.15. The lowest BCUT2D eigenvalue weighted by atomic mass is 10.4. The highest BCUT2D eigenvalue weighted by atomic mass is 16.5. The van der Waals surface area contributed by atoms with Crippen molar-refractivity contribution in [2.24, 2.45) is 0 Å². The molecule has 0 bridgehead atoms. The Hall–Kier alpha value is -0.650. The number of hydrogen-bond donors (Lipinski definition) is 2. The third-order valence-corrected chi connectivity index (χ3v) is 2.33. The van der Waals surface area contributed by atoms with Crippen LogP contribution in [-0.2, 0) is 9.53 Å². The van der Waals surface area contributed by atoms with Crippen molar-refractivity contribution in [3.05, 3.63) is 0 Å². The monoisotopic (exact) mass is 245 g/mol. The predicted octanol–water partition coefficient (Wildman–Crippen LogP) is 0.0705. The molecule has 5 nitrogen and oxygen atoms in total. The van der Waals surface area contributed by atoms with Crippen LogP contribution >= 0.6 is 0 Å². The Morgan fingerprint density at radius 1 is 1.24 bits per heavy atom. The lowest BCUT2D eigenvalue weighted by Crippen LogP contribution is -2.35. The van der Waals surface area contributed by atoms with Crippen LogP contribution in [0.1, 0.15) is 20.3 Å². The molecule has 2 N–H and O–H groups in total. The molecule has 0 atom stereocenters. The second-order valence-corrected chi connectivity index (χ2v) is 4.06. The van der Waals surface area contributed by atoms with Gasteiger partial charge in [0, 0.05) is 19.6 Å². The highest BCUT2D eigenvalue weighted by Crippen LogP contribution is 1.84. The van der Waals surface area contributed by atoms with E-state index in [-0.39, 0.29) is 12.5 Å². The number of nitrogens with zero attached hydrogens (tertiary/aromatic N) is 1. The zero-order valence-electron chi connectivity index (χ0n) is 11.4. The maximum absolute atomic E-state index is 11.3. The fraction of sp³-hybridized carbons (Fsp3) is 0.917. The van der Waals surface area contributed by atoms with Gasteiger partial charge in [-0.05, 0) is 26.6 Å². The summed E-state index contributed by atoms with van der Waals surface area (Å²) in [4.78, 5) is 13.5. The van der Waals surface area contributed by atoms with Crippen LogP contribution in [0.5, 0.6) is 0 Å². The summed E-state index contributed by atoms with van der Waals surface area (Å²) in [5.74, 6) is -0.0357. The van der Waals surface area contributed by atoms with Gasteiger partial charge in [-0.1, -0.05) is 13.8 Å². The Kier molecular flexibility index (Phi) is 11.4. The van der Waals surface area contributed by atoms with E-state index in [1.54, 1.807) is 0 Å². The van der Waals surface area contributed by atoms with Gasteiger partial charge in [0.1, 0.15) is 6.61 Å². The van der Waals surface area contributed by atoms with E-state index in [1.165, 1.54) is 0 Å². The van der Waals surface area contributed by atoms with E-state index in [1.807, 2.05) is 6.92 Å². The highest BCUT2D eigenvalue weighted by molar-refractivity contribution is 5.77. The van der Waals surface area contributed by atoms with Crippen LogP contribution in [0.15, 0.2) is 0 Å². The maximum atomic E-state index is 11.3. The third-order valence-electron chi connectivity index (χ3n) is 2.33. The molecule has 0 saturated heterocycles. The number of amides is 1. The highest BCUT2D eigenvalue weighted by Gasteiger charge is 2.01. The minimum atomic E-state index is -0.0357. The van der Waals surface area contributed by atoms with E-state index in [0.717, 1.165) is 32.6 Å². The SMILES string of the molecule is CCCN(C)CCNC(=O)COCCNCC. The quantitative estimate of drug-likeness (QED) is 0.506. The van der Waals surface area contributed by atoms with Crippen molar-refractivity contribution in [1.29, 1.82) is 0 Å². The fourth-order valence-electron chi connectivity index (χ4n) is 1.42. The second-order valence-electron chi connectivity index (χ2n) is 4.06. The normalized spacial score (nSPS) is 10.8. The number of carbonyl (C=O) groups is 1. The summed E-state index contributed by atoms with van der Waals surface area (Å²) in [7, 11) is 2.06. The molecule has 0 aromatic rings. The smallest absolute Gasteiger partial charge is 0.246 e. The Morgan fingerprint density at radius 2 is 2.00 bits per heavy atom. The molecule has 0 rings (SSSR count). The van der Waals surface area contributed by atoms with Crippen molar-refractivity contribution in [2.75, 3.05) is 53.0 Å². The van der Waals surface area contributed by atoms with E-state index in [0.29, 0.717) is 13.2 Å². The number of rotatable bonds is 11. The van der Waals surface area contributed by atoms with Gasteiger partial charge in [0.25, 0.3) is 0 Å². The van der Waals surface area contributed by atoms with Gasteiger partial charge in [-0.25, -0.2) is 0 Å². The Bertz CT molecular complexity index is 189. The topological polar surface area (TPSA) is 53.6 Å². The molecule has 0 radical (unpaired) electrons. The van der Waals surface area contributed by atoms with E-state index >= 15 is 0 Å². The molecule has 0 heterocycles. The number of ether oxygens (including phenoxy) is 1. The second kappa shape index (κ2) is 11.8. The average molecular weight is 245 g/mol. The zero-order valence-corrected chi connectivity index (χ0v) is 11.4. The molecule has 0 aliphatic heterocycles. The average Bonchev–Trinajstić information content (AvgIpc) is 2.29. The molecular formula is C12H27N3O2. The number of likely N-dealkylation sites (N-methyl/N-ethyl adjacent to an activating group) is 2. The molecule has 102 valence electrons. The zero-order chi connectivity index (χ0) is 12.9. The van der Waals surface area contributed by atoms with E-state index in [9.17, 15) is 4.79 Å². The number of hydrogen-bond acceptors (Lipinski definition) is 4. The summed E-state index contributed by atoms with van der Waals surface area (Å²) in [6.07, 6.45) is 1.14. The minimum absolute atomic E-state index is 0.0357. The van der Waals surface area contributed by atoms with Gasteiger partial charge in [0.2, 0.25) is 5.91 Å². The van der Waals surface area contributed by atoms with Crippen molar-refractivity contribution in [1.82, 2.24) is 15.5 Å². The predicted molar refractivity (Wildman–Crippen MR) is 70.2 cm³/mol. The molecule has 5 heteroatoms. The largest absolute Gasteiger partial charge is 0.370 e. The van der Waals surface area contributed by atoms with Gasteiger partial charge in [0.15, 0.2) is 0 Å². The molecular weight excluding hydrogens is 218 g/mol. The van der Waals surface area contributed by atoms with Gasteiger partial charge in [-0.3, -0.25) is 4.79 Å². The number of nitrogens with one attached hydrogen (secondary N) is 2. The molecule has 0 aromatic carbocycles. The molecule has 17 heavy (non-hydrogen) atoms. The van der Waals surface area contributed by atoms with Crippen LogP contribution in [0.3, 0.4) is 0 Å². The van der Waals surface area contributed by atoms with Gasteiger partial charge < -0.3 is 20.3 Å². The van der Waals surface area contributed by atoms with Crippen LogP contribution in [0.4, 0.5) is 0 Å². The summed E-state index contributed by atoms with van der Waals surface area (Å²) in [6, 6.07) is 0. The molecule has 0 aromatic heterocycles. The van der Waals surface area contributed by atoms with E-state index in [4.69, 9.17) is 4.74 Å². The van der Waals surface area contributed by atoms with Crippen molar-refractivity contribution in [3.63, 3.8) is 0 Å². The van der Waals surface area contributed by atoms with Crippen molar-refractivity contribution < 1.29 is 9.53 Å². The summed E-state index contributed by atoms with van der Waals surface area (Å²) in [6.45, 7) is 9.28. The Morgan fingerprint density at radius 3 is 2.65 bits per heavy atom. The summed E-state index contributed by atoms with van der Waals surface area (Å²) in [5, 5.41) is 5.97. The third kappa shape index (κ3) is 11.6. The van der Waals surface area contributed by atoms with Crippen LogP contribution in [-0.4, -0.2) is 63.8 Å². The first-order chi connectivity index (χ1) is 8.20. The van der Waals surface area contributed by atoms with E-state index < -0.39 is 0 Å². The first-order valence-electron chi connectivity index (χ1n) is 6.44. The molecule has 0 fully saturated rings. The van der Waals surface area contributed by atoms with Crippen LogP contribution in [0.2, 0.25) is 0 Å². The van der Waals surface area contributed by atoms with Crippen LogP contribution < -0.4 is 10.6 Å². The van der Waals surface area contributed by atoms with Gasteiger partial charge >= 0.3 is 0 Å². The summed E-state index contributed by atoms with van der Waals surface area (Å²) < 4.78 is 5.21. The lowest BCUT2D eigenvalue weighted by molar-refractivity contribution is -0.125.